The first-order valence-corrected chi connectivity index (χ1v) is 28.7. The Morgan fingerprint density at radius 3 is 0.986 bits per heavy atom. The van der Waals surface area contributed by atoms with E-state index in [0.717, 1.165) is 65.4 Å². The quantitative estimate of drug-likeness (QED) is 0.0595. The van der Waals surface area contributed by atoms with Crippen LogP contribution in [-0.4, -0.2) is 50.1 Å². The van der Waals surface area contributed by atoms with Gasteiger partial charge in [0.1, 0.15) is 25.5 Å². The van der Waals surface area contributed by atoms with Gasteiger partial charge in [0.2, 0.25) is 0 Å². The molecule has 0 saturated carbocycles. The summed E-state index contributed by atoms with van der Waals surface area (Å²) >= 11 is 5.90. The zero-order chi connectivity index (χ0) is 54.7. The monoisotopic (exact) mass is 1030 g/mol. The number of pyridine rings is 3. The van der Waals surface area contributed by atoms with Gasteiger partial charge >= 0.3 is 0 Å². The average Bonchev–Trinajstić information content (AvgIpc) is 3.38. The fourth-order valence-electron chi connectivity index (χ4n) is 7.86. The van der Waals surface area contributed by atoms with Gasteiger partial charge in [-0.2, -0.15) is 0 Å². The standard InChI is InChI=1S/C17H21ClN.C17H21FN.C17H22N.C9H21N.C7H17N/c2*1-14(2)4-3-11-19-12-9-16(10-13-19)15-5-7-17(18)8-6-15;1-15(2)7-6-12-18-13-10-17(11-14-18)16-8-4-3-5-9-16;1-5-10(6-2)8-7-9(3)4;1-7(2)5-6-8(3)4/h2*5-10,12-14H,3-4,11H2,1-2H3;3-5,8-11,13-15H,6-7,12H2,1-2H3;9H,5-8H2,1-4H3;7H,5-6H2,1-4H3/q3*+1;;. The predicted octanol–water partition coefficient (Wildman–Crippen LogP) is 17.0. The summed E-state index contributed by atoms with van der Waals surface area (Å²) in [5.41, 5.74) is 7.19. The maximum Gasteiger partial charge on any atom is 0.169 e. The average molecular weight is 1030 g/mol. The lowest BCUT2D eigenvalue weighted by atomic mass is 10.1. The zero-order valence-corrected chi connectivity index (χ0v) is 49.7. The number of hydrogen-bond acceptors (Lipinski definition) is 2. The minimum Gasteiger partial charge on any atom is -0.309 e. The molecule has 0 spiro atoms. The first-order chi connectivity index (χ1) is 35.4. The van der Waals surface area contributed by atoms with Crippen LogP contribution < -0.4 is 13.7 Å². The SMILES string of the molecule is CC(C)CCC[n+]1ccc(-c2ccc(Cl)cc2)cc1.CC(C)CCC[n+]1ccc(-c2ccc(F)cc2)cc1.CC(C)CCC[n+]1ccc(-c2ccccc2)cc1.CC(C)CCN(C)C.CCN(CC)CCC(C)C. The van der Waals surface area contributed by atoms with E-state index in [-0.39, 0.29) is 5.82 Å². The number of aryl methyl sites for hydroxylation is 3. The second-order valence-electron chi connectivity index (χ2n) is 22.2. The highest BCUT2D eigenvalue weighted by Gasteiger charge is 2.07. The van der Waals surface area contributed by atoms with E-state index in [2.05, 4.69) is 237 Å². The third-order valence-electron chi connectivity index (χ3n) is 12.8. The second-order valence-corrected chi connectivity index (χ2v) is 22.6. The summed E-state index contributed by atoms with van der Waals surface area (Å²) in [7, 11) is 4.23. The van der Waals surface area contributed by atoms with Crippen molar-refractivity contribution in [1.82, 2.24) is 9.80 Å². The van der Waals surface area contributed by atoms with E-state index in [1.807, 2.05) is 24.3 Å². The van der Waals surface area contributed by atoms with E-state index in [9.17, 15) is 4.39 Å². The topological polar surface area (TPSA) is 18.1 Å². The largest absolute Gasteiger partial charge is 0.309 e. The Morgan fingerprint density at radius 2 is 0.689 bits per heavy atom. The molecule has 7 heteroatoms. The summed E-state index contributed by atoms with van der Waals surface area (Å²) in [6, 6.07) is 38.0. The van der Waals surface area contributed by atoms with E-state index in [1.54, 1.807) is 0 Å². The molecular weight excluding hydrogens is 929 g/mol. The van der Waals surface area contributed by atoms with E-state index < -0.39 is 0 Å². The fraction of sp³-hybridized carbons (Fsp3) is 0.507. The number of aromatic nitrogens is 3. The van der Waals surface area contributed by atoms with Crippen molar-refractivity contribution < 1.29 is 18.1 Å². The molecule has 0 unspecified atom stereocenters. The lowest BCUT2D eigenvalue weighted by molar-refractivity contribution is -0.697. The van der Waals surface area contributed by atoms with Crippen LogP contribution in [0.1, 0.15) is 134 Å². The van der Waals surface area contributed by atoms with Crippen LogP contribution in [0.4, 0.5) is 4.39 Å². The highest BCUT2D eigenvalue weighted by atomic mass is 35.5. The van der Waals surface area contributed by atoms with Crippen LogP contribution in [0.25, 0.3) is 33.4 Å². The molecule has 6 aromatic rings. The van der Waals surface area contributed by atoms with Crippen molar-refractivity contribution >= 4 is 11.6 Å². The molecule has 0 saturated heterocycles. The molecule has 0 aliphatic rings. The molecule has 5 nitrogen and oxygen atoms in total. The lowest BCUT2D eigenvalue weighted by Gasteiger charge is -2.18. The van der Waals surface area contributed by atoms with Gasteiger partial charge in [-0.05, 0) is 160 Å². The fourth-order valence-corrected chi connectivity index (χ4v) is 7.98. The van der Waals surface area contributed by atoms with Crippen LogP contribution in [0.3, 0.4) is 0 Å². The molecular formula is C67H102ClFN5+3. The van der Waals surface area contributed by atoms with Gasteiger partial charge in [0, 0.05) is 60.7 Å². The van der Waals surface area contributed by atoms with Gasteiger partial charge in [-0.3, -0.25) is 0 Å². The highest BCUT2D eigenvalue weighted by Crippen LogP contribution is 2.21. The third kappa shape index (κ3) is 31.2. The molecule has 0 amide bonds. The van der Waals surface area contributed by atoms with Crippen LogP contribution >= 0.6 is 11.6 Å². The van der Waals surface area contributed by atoms with E-state index in [0.29, 0.717) is 0 Å². The molecule has 0 fully saturated rings. The molecule has 3 aromatic carbocycles. The molecule has 0 aliphatic heterocycles. The Hall–Kier alpha value is -4.75. The highest BCUT2D eigenvalue weighted by molar-refractivity contribution is 6.30. The van der Waals surface area contributed by atoms with Crippen molar-refractivity contribution in [2.24, 2.45) is 29.6 Å². The number of hydrogen-bond donors (Lipinski definition) is 0. The van der Waals surface area contributed by atoms with Crippen molar-refractivity contribution in [1.29, 1.82) is 0 Å². The zero-order valence-electron chi connectivity index (χ0n) is 48.9. The number of nitrogens with zero attached hydrogens (tertiary/aromatic N) is 5. The summed E-state index contributed by atoms with van der Waals surface area (Å²) in [6.07, 6.45) is 23.1. The minimum absolute atomic E-state index is 0.191. The summed E-state index contributed by atoms with van der Waals surface area (Å²) < 4.78 is 19.6. The minimum atomic E-state index is -0.191. The predicted molar refractivity (Wildman–Crippen MR) is 319 cm³/mol. The molecule has 0 bridgehead atoms. The van der Waals surface area contributed by atoms with E-state index in [1.165, 1.54) is 112 Å². The maximum atomic E-state index is 12.9. The van der Waals surface area contributed by atoms with Crippen molar-refractivity contribution in [2.75, 3.05) is 40.3 Å². The summed E-state index contributed by atoms with van der Waals surface area (Å²) in [5.74, 6) is 3.85. The van der Waals surface area contributed by atoms with Crippen molar-refractivity contribution in [3.63, 3.8) is 0 Å². The first kappa shape index (κ1) is 65.4. The van der Waals surface area contributed by atoms with Crippen LogP contribution in [0.5, 0.6) is 0 Å². The molecule has 0 N–H and O–H groups in total. The van der Waals surface area contributed by atoms with Crippen LogP contribution in [0.2, 0.25) is 5.02 Å². The van der Waals surface area contributed by atoms with Crippen molar-refractivity contribution in [3.05, 3.63) is 163 Å². The van der Waals surface area contributed by atoms with E-state index >= 15 is 0 Å². The van der Waals surface area contributed by atoms with Gasteiger partial charge in [-0.15, -0.1) is 0 Å². The molecule has 74 heavy (non-hydrogen) atoms. The lowest BCUT2D eigenvalue weighted by Crippen LogP contribution is -2.32. The van der Waals surface area contributed by atoms with Crippen LogP contribution in [0.15, 0.2) is 152 Å². The normalized spacial score (nSPS) is 11.0. The molecule has 0 atom stereocenters. The summed E-state index contributed by atoms with van der Waals surface area (Å²) in [6.45, 7) is 35.3. The van der Waals surface area contributed by atoms with Gasteiger partial charge in [-0.1, -0.05) is 149 Å². The van der Waals surface area contributed by atoms with Gasteiger partial charge in [0.25, 0.3) is 0 Å². The maximum absolute atomic E-state index is 12.9. The summed E-state index contributed by atoms with van der Waals surface area (Å²) in [4.78, 5) is 4.69. The van der Waals surface area contributed by atoms with E-state index in [4.69, 9.17) is 11.6 Å². The molecule has 6 rings (SSSR count). The number of benzene rings is 3. The van der Waals surface area contributed by atoms with Crippen LogP contribution in [-0.2, 0) is 19.6 Å². The van der Waals surface area contributed by atoms with Crippen molar-refractivity contribution in [3.8, 4) is 33.4 Å². The van der Waals surface area contributed by atoms with Crippen molar-refractivity contribution in [2.45, 2.75) is 154 Å². The molecule has 3 heterocycles. The Labute approximate surface area is 457 Å². The molecule has 3 aromatic heterocycles. The van der Waals surface area contributed by atoms with Gasteiger partial charge in [0.15, 0.2) is 37.2 Å². The second kappa shape index (κ2) is 38.7. The van der Waals surface area contributed by atoms with Crippen LogP contribution in [0, 0.1) is 35.4 Å². The number of halogens is 2. The molecule has 0 aliphatic carbocycles. The Balaban J connectivity index is 0.000000328. The third-order valence-corrected chi connectivity index (χ3v) is 13.1. The smallest absolute Gasteiger partial charge is 0.169 e. The molecule has 406 valence electrons. The van der Waals surface area contributed by atoms with Gasteiger partial charge in [-0.25, -0.2) is 18.1 Å². The van der Waals surface area contributed by atoms with Gasteiger partial charge < -0.3 is 9.80 Å². The Morgan fingerprint density at radius 1 is 0.392 bits per heavy atom. The number of rotatable bonds is 23. The summed E-state index contributed by atoms with van der Waals surface area (Å²) in [5, 5.41) is 0.781. The Kier molecular flexibility index (Phi) is 34.2. The first-order valence-electron chi connectivity index (χ1n) is 28.3. The molecule has 0 radical (unpaired) electrons. The van der Waals surface area contributed by atoms with Gasteiger partial charge in [0.05, 0.1) is 0 Å². The Bertz CT molecular complexity index is 2130.